The number of carbonyl (C=O) groups is 1. The Labute approximate surface area is 143 Å². The number of alkyl halides is 3. The summed E-state index contributed by atoms with van der Waals surface area (Å²) in [6.07, 6.45) is -3.12. The van der Waals surface area contributed by atoms with E-state index in [1.807, 2.05) is 11.0 Å². The van der Waals surface area contributed by atoms with Crippen LogP contribution in [0, 0.1) is 0 Å². The Balaban J connectivity index is 1.58. The summed E-state index contributed by atoms with van der Waals surface area (Å²) in [4.78, 5) is 17.7. The van der Waals surface area contributed by atoms with E-state index in [9.17, 15) is 18.0 Å². The van der Waals surface area contributed by atoms with E-state index in [0.717, 1.165) is 6.07 Å². The molecule has 3 rings (SSSR count). The lowest BCUT2D eigenvalue weighted by Crippen LogP contribution is -2.45. The highest BCUT2D eigenvalue weighted by atomic mass is 19.4. The topological polar surface area (TPSA) is 45.2 Å². The predicted octanol–water partition coefficient (Wildman–Crippen LogP) is 3.50. The SMILES string of the molecule is O=C(NC1CCN(c2cccc(C(F)(F)F)n2)CC1)c1ccccc1. The lowest BCUT2D eigenvalue weighted by Gasteiger charge is -2.33. The number of aromatic nitrogens is 1. The lowest BCUT2D eigenvalue weighted by atomic mass is 10.0. The Morgan fingerprint density at radius 3 is 2.36 bits per heavy atom. The molecule has 1 saturated heterocycles. The number of hydrogen-bond acceptors (Lipinski definition) is 3. The van der Waals surface area contributed by atoms with Gasteiger partial charge in [-0.2, -0.15) is 13.2 Å². The first kappa shape index (κ1) is 17.3. The van der Waals surface area contributed by atoms with Crippen LogP contribution in [0.4, 0.5) is 19.0 Å². The van der Waals surface area contributed by atoms with Gasteiger partial charge in [-0.05, 0) is 37.1 Å². The zero-order valence-corrected chi connectivity index (χ0v) is 13.5. The van der Waals surface area contributed by atoms with Crippen LogP contribution in [0.2, 0.25) is 0 Å². The van der Waals surface area contributed by atoms with E-state index in [1.54, 1.807) is 30.3 Å². The van der Waals surface area contributed by atoms with Crippen LogP contribution in [-0.4, -0.2) is 30.0 Å². The summed E-state index contributed by atoms with van der Waals surface area (Å²) < 4.78 is 38.3. The second-order valence-corrected chi connectivity index (χ2v) is 5.98. The van der Waals surface area contributed by atoms with Gasteiger partial charge in [0.2, 0.25) is 0 Å². The average Bonchev–Trinajstić information content (AvgIpc) is 2.62. The molecule has 0 aliphatic carbocycles. The third-order valence-corrected chi connectivity index (χ3v) is 4.21. The van der Waals surface area contributed by atoms with E-state index in [2.05, 4.69) is 10.3 Å². The van der Waals surface area contributed by atoms with Gasteiger partial charge in [0, 0.05) is 24.7 Å². The molecule has 1 N–H and O–H groups in total. The molecule has 2 heterocycles. The number of nitrogens with one attached hydrogen (secondary N) is 1. The van der Waals surface area contributed by atoms with Crippen molar-refractivity contribution in [3.8, 4) is 0 Å². The van der Waals surface area contributed by atoms with Gasteiger partial charge < -0.3 is 10.2 Å². The van der Waals surface area contributed by atoms with E-state index < -0.39 is 11.9 Å². The maximum atomic E-state index is 12.8. The molecule has 0 unspecified atom stereocenters. The second-order valence-electron chi connectivity index (χ2n) is 5.98. The van der Waals surface area contributed by atoms with Crippen LogP contribution in [-0.2, 0) is 6.18 Å². The standard InChI is InChI=1S/C18H18F3N3O/c19-18(20,21)15-7-4-8-16(23-15)24-11-9-14(10-12-24)22-17(25)13-5-2-1-3-6-13/h1-8,14H,9-12H2,(H,22,25). The molecule has 7 heteroatoms. The number of benzene rings is 1. The van der Waals surface area contributed by atoms with Crippen molar-refractivity contribution in [2.45, 2.75) is 25.1 Å². The third-order valence-electron chi connectivity index (χ3n) is 4.21. The van der Waals surface area contributed by atoms with Crippen molar-refractivity contribution in [3.05, 3.63) is 59.8 Å². The average molecular weight is 349 g/mol. The van der Waals surface area contributed by atoms with Crippen molar-refractivity contribution in [1.82, 2.24) is 10.3 Å². The van der Waals surface area contributed by atoms with Crippen LogP contribution in [0.5, 0.6) is 0 Å². The minimum atomic E-state index is -4.45. The quantitative estimate of drug-likeness (QED) is 0.922. The number of rotatable bonds is 3. The molecule has 0 saturated carbocycles. The fourth-order valence-electron chi connectivity index (χ4n) is 2.87. The monoisotopic (exact) mass is 349 g/mol. The molecule has 1 fully saturated rings. The fourth-order valence-corrected chi connectivity index (χ4v) is 2.87. The molecule has 1 aromatic carbocycles. The maximum Gasteiger partial charge on any atom is 0.433 e. The number of halogens is 3. The van der Waals surface area contributed by atoms with Gasteiger partial charge in [0.05, 0.1) is 0 Å². The Hall–Kier alpha value is -2.57. The number of anilines is 1. The van der Waals surface area contributed by atoms with E-state index >= 15 is 0 Å². The Bertz CT molecular complexity index is 726. The molecule has 0 bridgehead atoms. The minimum Gasteiger partial charge on any atom is -0.356 e. The number of piperidine rings is 1. The normalized spacial score (nSPS) is 15.9. The molecule has 0 atom stereocenters. The van der Waals surface area contributed by atoms with Crippen molar-refractivity contribution >= 4 is 11.7 Å². The van der Waals surface area contributed by atoms with Crippen molar-refractivity contribution in [2.24, 2.45) is 0 Å². The smallest absolute Gasteiger partial charge is 0.356 e. The Morgan fingerprint density at radius 2 is 1.72 bits per heavy atom. The fraction of sp³-hybridized carbons (Fsp3) is 0.333. The molecule has 1 aromatic heterocycles. The van der Waals surface area contributed by atoms with E-state index in [-0.39, 0.29) is 11.9 Å². The second kappa shape index (κ2) is 7.13. The van der Waals surface area contributed by atoms with Gasteiger partial charge in [0.1, 0.15) is 11.5 Å². The number of nitrogens with zero attached hydrogens (tertiary/aromatic N) is 2. The van der Waals surface area contributed by atoms with Crippen LogP contribution in [0.15, 0.2) is 48.5 Å². The Kier molecular flexibility index (Phi) is 4.92. The van der Waals surface area contributed by atoms with Gasteiger partial charge in [-0.15, -0.1) is 0 Å². The van der Waals surface area contributed by atoms with Crippen LogP contribution < -0.4 is 10.2 Å². The van der Waals surface area contributed by atoms with Crippen LogP contribution in [0.25, 0.3) is 0 Å². The summed E-state index contributed by atoms with van der Waals surface area (Å²) in [7, 11) is 0. The molecule has 1 aliphatic heterocycles. The molecule has 4 nitrogen and oxygen atoms in total. The molecule has 0 spiro atoms. The molecule has 25 heavy (non-hydrogen) atoms. The minimum absolute atomic E-state index is 0.00903. The maximum absolute atomic E-state index is 12.8. The number of hydrogen-bond donors (Lipinski definition) is 1. The summed E-state index contributed by atoms with van der Waals surface area (Å²) in [5.74, 6) is 0.193. The van der Waals surface area contributed by atoms with Crippen molar-refractivity contribution in [1.29, 1.82) is 0 Å². The third kappa shape index (κ3) is 4.29. The van der Waals surface area contributed by atoms with Gasteiger partial charge >= 0.3 is 6.18 Å². The van der Waals surface area contributed by atoms with E-state index in [4.69, 9.17) is 0 Å². The zero-order chi connectivity index (χ0) is 17.9. The zero-order valence-electron chi connectivity index (χ0n) is 13.5. The summed E-state index contributed by atoms with van der Waals surface area (Å²) in [6, 6.07) is 12.9. The van der Waals surface area contributed by atoms with Gasteiger partial charge in [-0.25, -0.2) is 4.98 Å². The van der Waals surface area contributed by atoms with Gasteiger partial charge in [0.15, 0.2) is 0 Å². The molecule has 2 aromatic rings. The predicted molar refractivity (Wildman–Crippen MR) is 88.4 cm³/mol. The molecule has 132 valence electrons. The summed E-state index contributed by atoms with van der Waals surface area (Å²) in [5.41, 5.74) is -0.283. The number of amides is 1. The Morgan fingerprint density at radius 1 is 1.04 bits per heavy atom. The highest BCUT2D eigenvalue weighted by Gasteiger charge is 2.33. The van der Waals surface area contributed by atoms with Crippen LogP contribution in [0.1, 0.15) is 28.9 Å². The van der Waals surface area contributed by atoms with E-state index in [1.165, 1.54) is 6.07 Å². The first-order valence-corrected chi connectivity index (χ1v) is 8.08. The molecule has 0 radical (unpaired) electrons. The first-order valence-electron chi connectivity index (χ1n) is 8.08. The van der Waals surface area contributed by atoms with Gasteiger partial charge in [-0.1, -0.05) is 24.3 Å². The highest BCUT2D eigenvalue weighted by Crippen LogP contribution is 2.29. The van der Waals surface area contributed by atoms with Crippen LogP contribution in [0.3, 0.4) is 0 Å². The van der Waals surface area contributed by atoms with Crippen LogP contribution >= 0.6 is 0 Å². The van der Waals surface area contributed by atoms with E-state index in [0.29, 0.717) is 37.3 Å². The summed E-state index contributed by atoms with van der Waals surface area (Å²) in [5, 5.41) is 2.98. The van der Waals surface area contributed by atoms with Crippen molar-refractivity contribution in [3.63, 3.8) is 0 Å². The molecule has 1 amide bonds. The van der Waals surface area contributed by atoms with Gasteiger partial charge in [0.25, 0.3) is 5.91 Å². The first-order chi connectivity index (χ1) is 11.9. The van der Waals surface area contributed by atoms with Crippen molar-refractivity contribution < 1.29 is 18.0 Å². The molecular formula is C18H18F3N3O. The van der Waals surface area contributed by atoms with Crippen molar-refractivity contribution in [2.75, 3.05) is 18.0 Å². The number of carbonyl (C=O) groups excluding carboxylic acids is 1. The highest BCUT2D eigenvalue weighted by molar-refractivity contribution is 5.94. The van der Waals surface area contributed by atoms with Gasteiger partial charge in [-0.3, -0.25) is 4.79 Å². The molecular weight excluding hydrogens is 331 g/mol. The summed E-state index contributed by atoms with van der Waals surface area (Å²) >= 11 is 0. The summed E-state index contributed by atoms with van der Waals surface area (Å²) in [6.45, 7) is 1.10. The number of pyridine rings is 1. The lowest BCUT2D eigenvalue weighted by molar-refractivity contribution is -0.141. The largest absolute Gasteiger partial charge is 0.433 e. The molecule has 1 aliphatic rings.